The van der Waals surface area contributed by atoms with E-state index in [-0.39, 0.29) is 0 Å². The number of carboxylic acids is 1. The summed E-state index contributed by atoms with van der Waals surface area (Å²) in [6, 6.07) is 0. The summed E-state index contributed by atoms with van der Waals surface area (Å²) in [5.74, 6) is -0.673. The van der Waals surface area contributed by atoms with Gasteiger partial charge in [-0.2, -0.15) is 0 Å². The van der Waals surface area contributed by atoms with E-state index in [0.717, 1.165) is 38.5 Å². The van der Waals surface area contributed by atoms with Gasteiger partial charge in [-0.15, -0.1) is 0 Å². The van der Waals surface area contributed by atoms with E-state index in [1.807, 2.05) is 0 Å². The van der Waals surface area contributed by atoms with Crippen LogP contribution in [0.2, 0.25) is 0 Å². The molecule has 0 radical (unpaired) electrons. The van der Waals surface area contributed by atoms with Crippen molar-refractivity contribution in [1.29, 1.82) is 0 Å². The lowest BCUT2D eigenvalue weighted by Gasteiger charge is -1.98. The van der Waals surface area contributed by atoms with Crippen LogP contribution in [0.4, 0.5) is 0 Å². The molecule has 0 bridgehead atoms. The minimum Gasteiger partial charge on any atom is -0.481 e. The van der Waals surface area contributed by atoms with Crippen LogP contribution in [0.1, 0.15) is 64.7 Å². The van der Waals surface area contributed by atoms with Gasteiger partial charge in [-0.3, -0.25) is 4.79 Å². The Balaban J connectivity index is 3.12. The molecule has 0 aromatic carbocycles. The van der Waals surface area contributed by atoms with Crippen molar-refractivity contribution in [1.82, 2.24) is 0 Å². The molecular weight excluding hydrogens is 212 g/mol. The minimum atomic E-state index is -0.673. The van der Waals surface area contributed by atoms with Crippen LogP contribution in [-0.2, 0) is 4.79 Å². The quantitative estimate of drug-likeness (QED) is 0.418. The number of unbranched alkanes of at least 4 members (excludes halogenated alkanes) is 5. The SMILES string of the molecule is CCC=CCC=CCCCCCCCC(=O)O. The fourth-order valence-corrected chi connectivity index (χ4v) is 1.62. The lowest BCUT2D eigenvalue weighted by atomic mass is 10.1. The molecule has 0 atom stereocenters. The zero-order chi connectivity index (χ0) is 12.8. The van der Waals surface area contributed by atoms with Gasteiger partial charge in [0.1, 0.15) is 0 Å². The zero-order valence-electron chi connectivity index (χ0n) is 11.0. The molecular formula is C15H26O2. The smallest absolute Gasteiger partial charge is 0.303 e. The standard InChI is InChI=1S/C15H26O2/c1-2-3-4-5-6-7-8-9-10-11-12-13-14-15(16)17/h3-4,6-7H,2,5,8-14H2,1H3,(H,16,17). The number of rotatable bonds is 11. The normalized spacial score (nSPS) is 11.6. The summed E-state index contributed by atoms with van der Waals surface area (Å²) < 4.78 is 0. The number of allylic oxidation sites excluding steroid dienone is 4. The molecule has 0 aliphatic rings. The Kier molecular flexibility index (Phi) is 12.2. The highest BCUT2D eigenvalue weighted by atomic mass is 16.4. The number of aliphatic carboxylic acids is 1. The predicted octanol–water partition coefficient (Wildman–Crippen LogP) is 4.71. The van der Waals surface area contributed by atoms with Crippen LogP contribution in [-0.4, -0.2) is 11.1 Å². The maximum absolute atomic E-state index is 10.3. The van der Waals surface area contributed by atoms with Gasteiger partial charge in [-0.25, -0.2) is 0 Å². The number of carboxylic acid groups (broad SMARTS) is 1. The fourth-order valence-electron chi connectivity index (χ4n) is 1.62. The molecule has 0 saturated carbocycles. The Morgan fingerprint density at radius 1 is 0.941 bits per heavy atom. The van der Waals surface area contributed by atoms with Gasteiger partial charge in [0.05, 0.1) is 0 Å². The highest BCUT2D eigenvalue weighted by molar-refractivity contribution is 5.66. The van der Waals surface area contributed by atoms with Gasteiger partial charge in [0.25, 0.3) is 0 Å². The first-order valence-electron chi connectivity index (χ1n) is 6.79. The Hall–Kier alpha value is -1.05. The summed E-state index contributed by atoms with van der Waals surface area (Å²) in [7, 11) is 0. The lowest BCUT2D eigenvalue weighted by molar-refractivity contribution is -0.137. The van der Waals surface area contributed by atoms with Gasteiger partial charge in [0.2, 0.25) is 0 Å². The third-order valence-corrected chi connectivity index (χ3v) is 2.60. The Morgan fingerprint density at radius 2 is 1.59 bits per heavy atom. The third kappa shape index (κ3) is 14.9. The van der Waals surface area contributed by atoms with Crippen LogP contribution < -0.4 is 0 Å². The van der Waals surface area contributed by atoms with Crippen molar-refractivity contribution < 1.29 is 9.90 Å². The number of carbonyl (C=O) groups is 1. The van der Waals surface area contributed by atoms with E-state index in [9.17, 15) is 4.79 Å². The number of hydrogen-bond donors (Lipinski definition) is 1. The van der Waals surface area contributed by atoms with Gasteiger partial charge in [0, 0.05) is 6.42 Å². The average Bonchev–Trinajstić information content (AvgIpc) is 2.30. The van der Waals surface area contributed by atoms with Crippen molar-refractivity contribution in [2.75, 3.05) is 0 Å². The summed E-state index contributed by atoms with van der Waals surface area (Å²) >= 11 is 0. The summed E-state index contributed by atoms with van der Waals surface area (Å²) in [5.41, 5.74) is 0. The van der Waals surface area contributed by atoms with Crippen molar-refractivity contribution in [3.8, 4) is 0 Å². The highest BCUT2D eigenvalue weighted by Crippen LogP contribution is 2.07. The van der Waals surface area contributed by atoms with Crippen LogP contribution in [0.5, 0.6) is 0 Å². The van der Waals surface area contributed by atoms with Crippen molar-refractivity contribution in [2.45, 2.75) is 64.7 Å². The Morgan fingerprint density at radius 3 is 2.29 bits per heavy atom. The van der Waals surface area contributed by atoms with E-state index in [4.69, 9.17) is 5.11 Å². The minimum absolute atomic E-state index is 0.323. The van der Waals surface area contributed by atoms with Gasteiger partial charge in [-0.1, -0.05) is 50.5 Å². The van der Waals surface area contributed by atoms with Gasteiger partial charge >= 0.3 is 5.97 Å². The van der Waals surface area contributed by atoms with E-state index in [0.29, 0.717) is 6.42 Å². The molecule has 0 unspecified atom stereocenters. The molecule has 0 rings (SSSR count). The largest absolute Gasteiger partial charge is 0.481 e. The van der Waals surface area contributed by atoms with Crippen LogP contribution in [0, 0.1) is 0 Å². The molecule has 0 fully saturated rings. The van der Waals surface area contributed by atoms with Crippen molar-refractivity contribution in [2.24, 2.45) is 0 Å². The zero-order valence-corrected chi connectivity index (χ0v) is 11.0. The molecule has 2 nitrogen and oxygen atoms in total. The van der Waals surface area contributed by atoms with Crippen molar-refractivity contribution in [3.63, 3.8) is 0 Å². The maximum atomic E-state index is 10.3. The topological polar surface area (TPSA) is 37.3 Å². The molecule has 1 N–H and O–H groups in total. The van der Waals surface area contributed by atoms with Gasteiger partial charge in [-0.05, 0) is 32.1 Å². The molecule has 0 aliphatic heterocycles. The fraction of sp³-hybridized carbons (Fsp3) is 0.667. The first-order valence-corrected chi connectivity index (χ1v) is 6.79. The van der Waals surface area contributed by atoms with E-state index in [1.54, 1.807) is 0 Å². The predicted molar refractivity (Wildman–Crippen MR) is 73.1 cm³/mol. The van der Waals surface area contributed by atoms with Crippen LogP contribution in [0.15, 0.2) is 24.3 Å². The molecule has 0 aromatic rings. The molecule has 0 heterocycles. The molecule has 0 aromatic heterocycles. The molecule has 0 saturated heterocycles. The Labute approximate surface area is 105 Å². The van der Waals surface area contributed by atoms with Gasteiger partial charge in [0.15, 0.2) is 0 Å². The van der Waals surface area contributed by atoms with E-state index >= 15 is 0 Å². The van der Waals surface area contributed by atoms with E-state index in [2.05, 4.69) is 31.2 Å². The molecule has 0 amide bonds. The van der Waals surface area contributed by atoms with Gasteiger partial charge < -0.3 is 5.11 Å². The molecule has 0 spiro atoms. The van der Waals surface area contributed by atoms with E-state index < -0.39 is 5.97 Å². The van der Waals surface area contributed by atoms with Crippen LogP contribution >= 0.6 is 0 Å². The molecule has 98 valence electrons. The maximum Gasteiger partial charge on any atom is 0.303 e. The monoisotopic (exact) mass is 238 g/mol. The lowest BCUT2D eigenvalue weighted by Crippen LogP contribution is -1.93. The number of hydrogen-bond acceptors (Lipinski definition) is 1. The first kappa shape index (κ1) is 16.0. The second kappa shape index (κ2) is 13.0. The summed E-state index contributed by atoms with van der Waals surface area (Å²) in [4.78, 5) is 10.3. The van der Waals surface area contributed by atoms with Crippen molar-refractivity contribution in [3.05, 3.63) is 24.3 Å². The average molecular weight is 238 g/mol. The van der Waals surface area contributed by atoms with Crippen molar-refractivity contribution >= 4 is 5.97 Å². The summed E-state index contributed by atoms with van der Waals surface area (Å²) in [6.07, 6.45) is 18.0. The third-order valence-electron chi connectivity index (χ3n) is 2.60. The summed E-state index contributed by atoms with van der Waals surface area (Å²) in [6.45, 7) is 2.14. The molecule has 2 heteroatoms. The second-order valence-electron chi connectivity index (χ2n) is 4.29. The highest BCUT2D eigenvalue weighted by Gasteiger charge is 1.95. The van der Waals surface area contributed by atoms with Crippen LogP contribution in [0.3, 0.4) is 0 Å². The summed E-state index contributed by atoms with van der Waals surface area (Å²) in [5, 5.41) is 8.46. The molecule has 17 heavy (non-hydrogen) atoms. The Bertz CT molecular complexity index is 229. The second-order valence-corrected chi connectivity index (χ2v) is 4.29. The van der Waals surface area contributed by atoms with E-state index in [1.165, 1.54) is 12.8 Å². The first-order chi connectivity index (χ1) is 8.27. The molecule has 0 aliphatic carbocycles. The van der Waals surface area contributed by atoms with Crippen LogP contribution in [0.25, 0.3) is 0 Å².